The Bertz CT molecular complexity index is 1020. The van der Waals surface area contributed by atoms with Gasteiger partial charge < -0.3 is 15.5 Å². The summed E-state index contributed by atoms with van der Waals surface area (Å²) < 4.78 is 1.90. The lowest BCUT2D eigenvalue weighted by molar-refractivity contribution is -0.115. The number of nitrogens with zero attached hydrogens (tertiary/aromatic N) is 2. The highest BCUT2D eigenvalue weighted by molar-refractivity contribution is 7.17. The second-order valence-electron chi connectivity index (χ2n) is 6.71. The molecule has 6 nitrogen and oxygen atoms in total. The first-order chi connectivity index (χ1) is 12.5. The number of amides is 2. The molecule has 0 unspecified atom stereocenters. The molecular weight excluding hydrogens is 348 g/mol. The molecule has 3 N–H and O–H groups in total. The molecular formula is C19H20N4O2S. The molecule has 0 atom stereocenters. The summed E-state index contributed by atoms with van der Waals surface area (Å²) in [5.41, 5.74) is 9.71. The van der Waals surface area contributed by atoms with Gasteiger partial charge in [-0.1, -0.05) is 0 Å². The van der Waals surface area contributed by atoms with Crippen molar-refractivity contribution in [2.45, 2.75) is 39.0 Å². The summed E-state index contributed by atoms with van der Waals surface area (Å²) in [6, 6.07) is 3.97. The number of aryl methyl sites for hydroxylation is 2. The molecule has 26 heavy (non-hydrogen) atoms. The van der Waals surface area contributed by atoms with Gasteiger partial charge in [0.05, 0.1) is 17.7 Å². The molecule has 0 saturated heterocycles. The number of carbonyl (C=O) groups excluding carboxylic acids is 2. The van der Waals surface area contributed by atoms with Crippen LogP contribution < -0.4 is 11.1 Å². The zero-order valence-electron chi connectivity index (χ0n) is 14.5. The monoisotopic (exact) mass is 368 g/mol. The van der Waals surface area contributed by atoms with Gasteiger partial charge in [-0.15, -0.1) is 11.3 Å². The number of nitrogens with one attached hydrogen (secondary N) is 1. The third-order valence-corrected chi connectivity index (χ3v) is 5.89. The third-order valence-electron chi connectivity index (χ3n) is 4.68. The van der Waals surface area contributed by atoms with Gasteiger partial charge in [-0.2, -0.15) is 0 Å². The number of pyridine rings is 1. The van der Waals surface area contributed by atoms with Crippen LogP contribution in [0.5, 0.6) is 0 Å². The van der Waals surface area contributed by atoms with Gasteiger partial charge in [0.2, 0.25) is 5.91 Å². The number of anilines is 1. The van der Waals surface area contributed by atoms with E-state index in [4.69, 9.17) is 5.73 Å². The van der Waals surface area contributed by atoms with Crippen molar-refractivity contribution in [3.63, 3.8) is 0 Å². The van der Waals surface area contributed by atoms with Crippen LogP contribution >= 0.6 is 11.3 Å². The molecule has 3 aromatic rings. The van der Waals surface area contributed by atoms with Gasteiger partial charge in [-0.25, -0.2) is 4.98 Å². The highest BCUT2D eigenvalue weighted by Gasteiger charge is 2.25. The van der Waals surface area contributed by atoms with Gasteiger partial charge in [-0.05, 0) is 55.9 Å². The third kappa shape index (κ3) is 3.10. The minimum Gasteiger partial charge on any atom is -0.365 e. The number of rotatable bonds is 4. The molecule has 4 rings (SSSR count). The van der Waals surface area contributed by atoms with Gasteiger partial charge in [0.15, 0.2) is 0 Å². The van der Waals surface area contributed by atoms with E-state index in [1.165, 1.54) is 16.2 Å². The van der Waals surface area contributed by atoms with Gasteiger partial charge in [0.25, 0.3) is 5.91 Å². The Morgan fingerprint density at radius 2 is 2.15 bits per heavy atom. The zero-order chi connectivity index (χ0) is 18.3. The van der Waals surface area contributed by atoms with Crippen molar-refractivity contribution in [3.8, 4) is 0 Å². The largest absolute Gasteiger partial charge is 0.365 e. The Balaban J connectivity index is 1.56. The predicted octanol–water partition coefficient (Wildman–Crippen LogP) is 2.86. The first kappa shape index (κ1) is 16.8. The molecule has 0 fully saturated rings. The van der Waals surface area contributed by atoms with E-state index >= 15 is 0 Å². The standard InChI is InChI=1S/C19H20N4O2S/c1-11-6-7-23-10-12(21-15(23)8-11)9-16(24)22-19-17(18(20)25)13-4-2-3-5-14(13)26-19/h6-8,10H,2-5,9H2,1H3,(H2,20,25)(H,22,24). The van der Waals surface area contributed by atoms with Crippen molar-refractivity contribution in [1.82, 2.24) is 9.38 Å². The molecule has 0 saturated carbocycles. The fraction of sp³-hybridized carbons (Fsp3) is 0.316. The average Bonchev–Trinajstić information content (AvgIpc) is 3.13. The molecule has 0 radical (unpaired) electrons. The zero-order valence-corrected chi connectivity index (χ0v) is 15.4. The van der Waals surface area contributed by atoms with Crippen molar-refractivity contribution >= 4 is 33.8 Å². The lowest BCUT2D eigenvalue weighted by Gasteiger charge is -2.11. The van der Waals surface area contributed by atoms with Crippen LogP contribution in [-0.2, 0) is 24.1 Å². The molecule has 0 aromatic carbocycles. The minimum atomic E-state index is -0.470. The summed E-state index contributed by atoms with van der Waals surface area (Å²) in [5.74, 6) is -0.658. The number of aromatic nitrogens is 2. The summed E-state index contributed by atoms with van der Waals surface area (Å²) in [4.78, 5) is 30.1. The Morgan fingerprint density at radius 1 is 1.35 bits per heavy atom. The summed E-state index contributed by atoms with van der Waals surface area (Å²) in [6.45, 7) is 2.00. The van der Waals surface area contributed by atoms with Gasteiger partial charge >= 0.3 is 0 Å². The SMILES string of the molecule is Cc1ccn2cc(CC(=O)Nc3sc4c(c3C(N)=O)CCCC4)nc2c1. The van der Waals surface area contributed by atoms with Gasteiger partial charge in [0.1, 0.15) is 10.6 Å². The van der Waals surface area contributed by atoms with Crippen molar-refractivity contribution in [2.75, 3.05) is 5.32 Å². The van der Waals surface area contributed by atoms with Crippen LogP contribution in [0.4, 0.5) is 5.00 Å². The average molecular weight is 368 g/mol. The lowest BCUT2D eigenvalue weighted by atomic mass is 9.95. The van der Waals surface area contributed by atoms with Crippen molar-refractivity contribution in [2.24, 2.45) is 5.73 Å². The Hall–Kier alpha value is -2.67. The highest BCUT2D eigenvalue weighted by atomic mass is 32.1. The number of primary amides is 1. The Kier molecular flexibility index (Phi) is 4.24. The normalized spacial score (nSPS) is 13.6. The number of hydrogen-bond donors (Lipinski definition) is 2. The molecule has 0 spiro atoms. The topological polar surface area (TPSA) is 89.5 Å². The number of thiophene rings is 1. The van der Waals surface area contributed by atoms with E-state index in [0.717, 1.165) is 42.5 Å². The van der Waals surface area contributed by atoms with E-state index in [1.807, 2.05) is 35.9 Å². The van der Waals surface area contributed by atoms with E-state index in [0.29, 0.717) is 16.3 Å². The van der Waals surface area contributed by atoms with Gasteiger partial charge in [-0.3, -0.25) is 9.59 Å². The molecule has 1 aliphatic rings. The summed E-state index contributed by atoms with van der Waals surface area (Å²) >= 11 is 1.48. The lowest BCUT2D eigenvalue weighted by Crippen LogP contribution is -2.19. The molecule has 134 valence electrons. The van der Waals surface area contributed by atoms with Crippen LogP contribution in [0.1, 0.15) is 44.9 Å². The number of hydrogen-bond acceptors (Lipinski definition) is 4. The van der Waals surface area contributed by atoms with E-state index in [2.05, 4.69) is 10.3 Å². The van der Waals surface area contributed by atoms with Crippen molar-refractivity contribution < 1.29 is 9.59 Å². The number of fused-ring (bicyclic) bond motifs is 2. The summed E-state index contributed by atoms with van der Waals surface area (Å²) in [7, 11) is 0. The summed E-state index contributed by atoms with van der Waals surface area (Å²) in [6.07, 6.45) is 7.90. The first-order valence-corrected chi connectivity index (χ1v) is 9.51. The van der Waals surface area contributed by atoms with E-state index in [9.17, 15) is 9.59 Å². The molecule has 2 amide bonds. The molecule has 7 heteroatoms. The van der Waals surface area contributed by atoms with Gasteiger partial charge in [0, 0.05) is 17.3 Å². The fourth-order valence-corrected chi connectivity index (χ4v) is 4.78. The minimum absolute atomic E-state index is 0.154. The second-order valence-corrected chi connectivity index (χ2v) is 7.81. The van der Waals surface area contributed by atoms with Crippen LogP contribution in [0.3, 0.4) is 0 Å². The quantitative estimate of drug-likeness (QED) is 0.742. The number of carbonyl (C=O) groups is 2. The maximum atomic E-state index is 12.5. The Morgan fingerprint density at radius 3 is 2.96 bits per heavy atom. The maximum Gasteiger partial charge on any atom is 0.251 e. The van der Waals surface area contributed by atoms with Crippen LogP contribution in [0.25, 0.3) is 5.65 Å². The van der Waals surface area contributed by atoms with Crippen LogP contribution in [0.2, 0.25) is 0 Å². The number of imidazole rings is 1. The molecule has 3 heterocycles. The van der Waals surface area contributed by atoms with Crippen LogP contribution in [0, 0.1) is 6.92 Å². The highest BCUT2D eigenvalue weighted by Crippen LogP contribution is 2.37. The molecule has 1 aliphatic carbocycles. The van der Waals surface area contributed by atoms with Crippen molar-refractivity contribution in [1.29, 1.82) is 0 Å². The maximum absolute atomic E-state index is 12.5. The van der Waals surface area contributed by atoms with E-state index < -0.39 is 5.91 Å². The first-order valence-electron chi connectivity index (χ1n) is 8.69. The fourth-order valence-electron chi connectivity index (χ4n) is 3.47. The Labute approximate surface area is 155 Å². The van der Waals surface area contributed by atoms with E-state index in [1.54, 1.807) is 0 Å². The predicted molar refractivity (Wildman–Crippen MR) is 102 cm³/mol. The van der Waals surface area contributed by atoms with Crippen LogP contribution in [-0.4, -0.2) is 21.2 Å². The molecule has 0 bridgehead atoms. The smallest absolute Gasteiger partial charge is 0.251 e. The second kappa shape index (κ2) is 6.57. The summed E-state index contributed by atoms with van der Waals surface area (Å²) in [5, 5.41) is 3.46. The van der Waals surface area contributed by atoms with E-state index in [-0.39, 0.29) is 12.3 Å². The number of nitrogens with two attached hydrogens (primary N) is 1. The molecule has 0 aliphatic heterocycles. The molecule has 3 aromatic heterocycles. The van der Waals surface area contributed by atoms with Crippen molar-refractivity contribution in [3.05, 3.63) is 51.8 Å². The van der Waals surface area contributed by atoms with Crippen LogP contribution in [0.15, 0.2) is 24.5 Å².